The van der Waals surface area contributed by atoms with Crippen molar-refractivity contribution in [2.24, 2.45) is 5.92 Å². The predicted molar refractivity (Wildman–Crippen MR) is 92.5 cm³/mol. The van der Waals surface area contributed by atoms with Gasteiger partial charge in [0.1, 0.15) is 0 Å². The quantitative estimate of drug-likeness (QED) is 0.747. The highest BCUT2D eigenvalue weighted by Crippen LogP contribution is 2.23. The molecule has 2 rings (SSSR count). The third-order valence-corrected chi connectivity index (χ3v) is 5.02. The standard InChI is InChI=1S/C17H22BrNS/c1-13(2)19-12-14(11-16-7-5-9-20-16)10-15-6-3-4-8-17(15)18/h3-9,13-14,19H,10-12H2,1-2H3. The number of hydrogen-bond donors (Lipinski definition) is 1. The fraction of sp³-hybridized carbons (Fsp3) is 0.412. The van der Waals surface area contributed by atoms with Gasteiger partial charge in [-0.2, -0.15) is 0 Å². The molecule has 108 valence electrons. The lowest BCUT2D eigenvalue weighted by Crippen LogP contribution is -2.31. The van der Waals surface area contributed by atoms with Crippen LogP contribution in [0.15, 0.2) is 46.3 Å². The number of thiophene rings is 1. The van der Waals surface area contributed by atoms with Gasteiger partial charge in [0.05, 0.1) is 0 Å². The second-order valence-corrected chi connectivity index (χ2v) is 7.39. The van der Waals surface area contributed by atoms with E-state index >= 15 is 0 Å². The summed E-state index contributed by atoms with van der Waals surface area (Å²) in [4.78, 5) is 1.48. The van der Waals surface area contributed by atoms with E-state index in [2.05, 4.69) is 76.9 Å². The molecule has 1 atom stereocenters. The van der Waals surface area contributed by atoms with Crippen molar-refractivity contribution in [1.82, 2.24) is 5.32 Å². The van der Waals surface area contributed by atoms with Crippen molar-refractivity contribution >= 4 is 27.3 Å². The van der Waals surface area contributed by atoms with Gasteiger partial charge in [-0.05, 0) is 48.4 Å². The minimum Gasteiger partial charge on any atom is -0.314 e. The lowest BCUT2D eigenvalue weighted by molar-refractivity contribution is 0.446. The number of nitrogens with one attached hydrogen (secondary N) is 1. The van der Waals surface area contributed by atoms with Crippen LogP contribution in [0.3, 0.4) is 0 Å². The van der Waals surface area contributed by atoms with Crippen LogP contribution in [-0.4, -0.2) is 12.6 Å². The highest BCUT2D eigenvalue weighted by molar-refractivity contribution is 9.10. The maximum absolute atomic E-state index is 3.66. The predicted octanol–water partition coefficient (Wildman–Crippen LogP) is 4.91. The van der Waals surface area contributed by atoms with Crippen LogP contribution in [0, 0.1) is 5.92 Å². The molecule has 0 spiro atoms. The van der Waals surface area contributed by atoms with Crippen molar-refractivity contribution in [1.29, 1.82) is 0 Å². The van der Waals surface area contributed by atoms with E-state index in [1.165, 1.54) is 14.9 Å². The monoisotopic (exact) mass is 351 g/mol. The Bertz CT molecular complexity index is 507. The molecule has 0 radical (unpaired) electrons. The van der Waals surface area contributed by atoms with E-state index in [1.807, 2.05) is 11.3 Å². The summed E-state index contributed by atoms with van der Waals surface area (Å²) < 4.78 is 1.22. The summed E-state index contributed by atoms with van der Waals surface area (Å²) >= 11 is 5.53. The molecule has 0 saturated carbocycles. The van der Waals surface area contributed by atoms with Crippen LogP contribution >= 0.6 is 27.3 Å². The number of benzene rings is 1. The molecule has 1 unspecified atom stereocenters. The van der Waals surface area contributed by atoms with Crippen molar-refractivity contribution in [3.05, 3.63) is 56.7 Å². The Hall–Kier alpha value is -0.640. The summed E-state index contributed by atoms with van der Waals surface area (Å²) in [5.74, 6) is 0.634. The van der Waals surface area contributed by atoms with Crippen molar-refractivity contribution in [2.75, 3.05) is 6.54 Å². The molecule has 0 aliphatic heterocycles. The molecular weight excluding hydrogens is 330 g/mol. The number of rotatable bonds is 7. The highest BCUT2D eigenvalue weighted by Gasteiger charge is 2.13. The van der Waals surface area contributed by atoms with Crippen LogP contribution in [0.5, 0.6) is 0 Å². The van der Waals surface area contributed by atoms with E-state index in [0.717, 1.165) is 19.4 Å². The van der Waals surface area contributed by atoms with E-state index in [1.54, 1.807) is 0 Å². The largest absolute Gasteiger partial charge is 0.314 e. The van der Waals surface area contributed by atoms with Crippen LogP contribution < -0.4 is 5.32 Å². The molecule has 0 bridgehead atoms. The van der Waals surface area contributed by atoms with Gasteiger partial charge < -0.3 is 5.32 Å². The Morgan fingerprint density at radius 2 is 1.90 bits per heavy atom. The lowest BCUT2D eigenvalue weighted by atomic mass is 9.95. The van der Waals surface area contributed by atoms with Gasteiger partial charge in [0.15, 0.2) is 0 Å². The average Bonchev–Trinajstić information content (AvgIpc) is 2.91. The van der Waals surface area contributed by atoms with E-state index in [0.29, 0.717) is 12.0 Å². The van der Waals surface area contributed by atoms with Crippen LogP contribution in [0.4, 0.5) is 0 Å². The van der Waals surface area contributed by atoms with Gasteiger partial charge in [0.2, 0.25) is 0 Å². The summed E-state index contributed by atoms with van der Waals surface area (Å²) in [7, 11) is 0. The fourth-order valence-corrected chi connectivity index (χ4v) is 3.57. The second-order valence-electron chi connectivity index (χ2n) is 5.51. The van der Waals surface area contributed by atoms with Crippen molar-refractivity contribution < 1.29 is 0 Å². The first-order chi connectivity index (χ1) is 9.65. The van der Waals surface area contributed by atoms with Gasteiger partial charge in [-0.15, -0.1) is 11.3 Å². The molecule has 1 N–H and O–H groups in total. The molecule has 2 aromatic rings. The maximum Gasteiger partial charge on any atom is 0.0207 e. The maximum atomic E-state index is 3.66. The summed E-state index contributed by atoms with van der Waals surface area (Å²) in [6.07, 6.45) is 2.26. The zero-order valence-electron chi connectivity index (χ0n) is 12.1. The molecule has 1 heterocycles. The Balaban J connectivity index is 2.03. The Morgan fingerprint density at radius 3 is 2.55 bits per heavy atom. The lowest BCUT2D eigenvalue weighted by Gasteiger charge is -2.19. The topological polar surface area (TPSA) is 12.0 Å². The third kappa shape index (κ3) is 5.04. The summed E-state index contributed by atoms with van der Waals surface area (Å²) in [5.41, 5.74) is 1.40. The van der Waals surface area contributed by atoms with Crippen LogP contribution in [-0.2, 0) is 12.8 Å². The van der Waals surface area contributed by atoms with E-state index in [-0.39, 0.29) is 0 Å². The smallest absolute Gasteiger partial charge is 0.0207 e. The Morgan fingerprint density at radius 1 is 1.10 bits per heavy atom. The SMILES string of the molecule is CC(C)NCC(Cc1cccs1)Cc1ccccc1Br. The van der Waals surface area contributed by atoms with E-state index in [9.17, 15) is 0 Å². The molecule has 0 aliphatic carbocycles. The van der Waals surface area contributed by atoms with E-state index < -0.39 is 0 Å². The molecule has 20 heavy (non-hydrogen) atoms. The molecule has 0 fully saturated rings. The molecule has 1 aromatic carbocycles. The molecule has 3 heteroatoms. The minimum absolute atomic E-state index is 0.542. The number of hydrogen-bond acceptors (Lipinski definition) is 2. The molecular formula is C17H22BrNS. The first-order valence-corrected chi connectivity index (χ1v) is 8.81. The zero-order chi connectivity index (χ0) is 14.4. The van der Waals surface area contributed by atoms with Crippen LogP contribution in [0.2, 0.25) is 0 Å². The van der Waals surface area contributed by atoms with Crippen molar-refractivity contribution in [3.63, 3.8) is 0 Å². The summed E-state index contributed by atoms with van der Waals surface area (Å²) in [6, 6.07) is 13.5. The van der Waals surface area contributed by atoms with Gasteiger partial charge in [-0.3, -0.25) is 0 Å². The Labute approximate surface area is 134 Å². The van der Waals surface area contributed by atoms with Crippen LogP contribution in [0.1, 0.15) is 24.3 Å². The molecule has 0 amide bonds. The molecule has 0 aliphatic rings. The second kappa shape index (κ2) is 7.96. The highest BCUT2D eigenvalue weighted by atomic mass is 79.9. The minimum atomic E-state index is 0.542. The Kier molecular flexibility index (Phi) is 6.27. The molecule has 1 nitrogen and oxygen atoms in total. The third-order valence-electron chi connectivity index (χ3n) is 3.35. The average molecular weight is 352 g/mol. The van der Waals surface area contributed by atoms with E-state index in [4.69, 9.17) is 0 Å². The zero-order valence-corrected chi connectivity index (χ0v) is 14.5. The first-order valence-electron chi connectivity index (χ1n) is 7.14. The van der Waals surface area contributed by atoms with Gasteiger partial charge in [0, 0.05) is 15.4 Å². The van der Waals surface area contributed by atoms with Crippen LogP contribution in [0.25, 0.3) is 0 Å². The van der Waals surface area contributed by atoms with Gasteiger partial charge in [-0.1, -0.05) is 54.0 Å². The fourth-order valence-electron chi connectivity index (χ4n) is 2.31. The first kappa shape index (κ1) is 15.7. The van der Waals surface area contributed by atoms with Crippen molar-refractivity contribution in [2.45, 2.75) is 32.7 Å². The molecule has 1 aromatic heterocycles. The molecule has 0 saturated heterocycles. The van der Waals surface area contributed by atoms with Gasteiger partial charge in [0.25, 0.3) is 0 Å². The van der Waals surface area contributed by atoms with Gasteiger partial charge >= 0.3 is 0 Å². The van der Waals surface area contributed by atoms with Crippen molar-refractivity contribution in [3.8, 4) is 0 Å². The normalized spacial score (nSPS) is 12.8. The summed E-state index contributed by atoms with van der Waals surface area (Å²) in [6.45, 7) is 5.48. The van der Waals surface area contributed by atoms with Gasteiger partial charge in [-0.25, -0.2) is 0 Å². The summed E-state index contributed by atoms with van der Waals surface area (Å²) in [5, 5.41) is 5.75. The number of halogens is 1.